The summed E-state index contributed by atoms with van der Waals surface area (Å²) in [4.78, 5) is 24.7. The maximum absolute atomic E-state index is 12.5. The summed E-state index contributed by atoms with van der Waals surface area (Å²) in [5.74, 6) is 0.193. The van der Waals surface area contributed by atoms with Gasteiger partial charge < -0.3 is 9.73 Å². The van der Waals surface area contributed by atoms with Crippen LogP contribution in [-0.4, -0.2) is 27.6 Å². The van der Waals surface area contributed by atoms with Gasteiger partial charge in [0, 0.05) is 27.4 Å². The highest BCUT2D eigenvalue weighted by Gasteiger charge is 2.13. The molecule has 3 aromatic carbocycles. The van der Waals surface area contributed by atoms with E-state index in [4.69, 9.17) is 16.0 Å². The van der Waals surface area contributed by atoms with Crippen LogP contribution in [0.1, 0.15) is 20.7 Å². The standard InChI is InChI=1S/C23H16ClN3O3S/c24-18-8-4-7-17(13-18)22-26-27-23(30-22)31-14-20(28)15-9-11-19(12-10-15)25-21(29)16-5-2-1-3-6-16/h1-13H,14H2,(H,25,29). The van der Waals surface area contributed by atoms with E-state index < -0.39 is 0 Å². The molecule has 8 heteroatoms. The second-order valence-corrected chi connectivity index (χ2v) is 7.86. The lowest BCUT2D eigenvalue weighted by molar-refractivity contribution is 0.101. The molecule has 154 valence electrons. The molecule has 0 aliphatic carbocycles. The number of rotatable bonds is 7. The van der Waals surface area contributed by atoms with Crippen molar-refractivity contribution in [3.63, 3.8) is 0 Å². The molecule has 0 atom stereocenters. The smallest absolute Gasteiger partial charge is 0.277 e. The molecule has 1 heterocycles. The van der Waals surface area contributed by atoms with Crippen LogP contribution in [0.5, 0.6) is 0 Å². The van der Waals surface area contributed by atoms with Gasteiger partial charge in [0.1, 0.15) is 0 Å². The molecule has 6 nitrogen and oxygen atoms in total. The molecule has 4 rings (SSSR count). The van der Waals surface area contributed by atoms with Gasteiger partial charge in [-0.1, -0.05) is 47.6 Å². The topological polar surface area (TPSA) is 85.1 Å². The maximum atomic E-state index is 12.5. The first-order chi connectivity index (χ1) is 15.1. The van der Waals surface area contributed by atoms with Crippen LogP contribution >= 0.6 is 23.4 Å². The van der Waals surface area contributed by atoms with Crippen molar-refractivity contribution in [1.29, 1.82) is 0 Å². The van der Waals surface area contributed by atoms with Crippen LogP contribution in [0.3, 0.4) is 0 Å². The summed E-state index contributed by atoms with van der Waals surface area (Å²) in [7, 11) is 0. The van der Waals surface area contributed by atoms with Crippen LogP contribution < -0.4 is 5.32 Å². The number of halogens is 1. The van der Waals surface area contributed by atoms with Gasteiger partial charge in [-0.2, -0.15) is 0 Å². The number of thioether (sulfide) groups is 1. The number of amides is 1. The average molecular weight is 450 g/mol. The van der Waals surface area contributed by atoms with Gasteiger partial charge in [-0.3, -0.25) is 9.59 Å². The van der Waals surface area contributed by atoms with Crippen LogP contribution in [0.2, 0.25) is 5.02 Å². The van der Waals surface area contributed by atoms with E-state index >= 15 is 0 Å². The molecule has 0 aliphatic heterocycles. The van der Waals surface area contributed by atoms with E-state index in [2.05, 4.69) is 15.5 Å². The molecule has 0 fully saturated rings. The zero-order valence-corrected chi connectivity index (χ0v) is 17.7. The van der Waals surface area contributed by atoms with Crippen LogP contribution in [-0.2, 0) is 0 Å². The third-order valence-electron chi connectivity index (χ3n) is 4.31. The highest BCUT2D eigenvalue weighted by atomic mass is 35.5. The Hall–Kier alpha value is -3.42. The Labute approximate surface area is 187 Å². The first-order valence-electron chi connectivity index (χ1n) is 9.30. The number of nitrogens with one attached hydrogen (secondary N) is 1. The van der Waals surface area contributed by atoms with Crippen LogP contribution in [0.4, 0.5) is 5.69 Å². The molecule has 1 aromatic heterocycles. The second-order valence-electron chi connectivity index (χ2n) is 6.49. The van der Waals surface area contributed by atoms with Crippen molar-refractivity contribution in [2.45, 2.75) is 5.22 Å². The van der Waals surface area contributed by atoms with E-state index in [-0.39, 0.29) is 17.4 Å². The van der Waals surface area contributed by atoms with Gasteiger partial charge in [0.2, 0.25) is 5.89 Å². The van der Waals surface area contributed by atoms with Gasteiger partial charge in [0.05, 0.1) is 5.75 Å². The van der Waals surface area contributed by atoms with Crippen molar-refractivity contribution in [2.24, 2.45) is 0 Å². The number of Topliss-reactive ketones (excluding diaryl/α,β-unsaturated/α-hetero) is 1. The summed E-state index contributed by atoms with van der Waals surface area (Å²) in [5, 5.41) is 11.6. The van der Waals surface area contributed by atoms with Crippen LogP contribution in [0.25, 0.3) is 11.5 Å². The Morgan fingerprint density at radius 3 is 2.42 bits per heavy atom. The van der Waals surface area contributed by atoms with Gasteiger partial charge >= 0.3 is 0 Å². The number of nitrogens with zero attached hydrogens (tertiary/aromatic N) is 2. The van der Waals surface area contributed by atoms with E-state index in [1.54, 1.807) is 66.7 Å². The summed E-state index contributed by atoms with van der Waals surface area (Å²) in [6, 6.07) is 22.8. The number of benzene rings is 3. The monoisotopic (exact) mass is 449 g/mol. The number of hydrogen-bond donors (Lipinski definition) is 1. The normalized spacial score (nSPS) is 10.6. The number of ketones is 1. The fraction of sp³-hybridized carbons (Fsp3) is 0.0435. The predicted molar refractivity (Wildman–Crippen MR) is 121 cm³/mol. The van der Waals surface area contributed by atoms with E-state index in [0.717, 1.165) is 11.8 Å². The largest absolute Gasteiger partial charge is 0.411 e. The van der Waals surface area contributed by atoms with Gasteiger partial charge in [-0.05, 0) is 54.6 Å². The van der Waals surface area contributed by atoms with Crippen LogP contribution in [0.15, 0.2) is 88.5 Å². The zero-order valence-electron chi connectivity index (χ0n) is 16.1. The highest BCUT2D eigenvalue weighted by Crippen LogP contribution is 2.25. The molecule has 1 amide bonds. The minimum absolute atomic E-state index is 0.0894. The third kappa shape index (κ3) is 5.39. The molecule has 0 unspecified atom stereocenters. The minimum Gasteiger partial charge on any atom is -0.411 e. The Bertz CT molecular complexity index is 1210. The molecule has 4 aromatic rings. The minimum atomic E-state index is -0.206. The molecular formula is C23H16ClN3O3S. The number of carbonyl (C=O) groups excluding carboxylic acids is 2. The van der Waals surface area contributed by atoms with Gasteiger partial charge in [0.25, 0.3) is 11.1 Å². The van der Waals surface area contributed by atoms with Crippen molar-refractivity contribution in [2.75, 3.05) is 11.1 Å². The molecule has 0 saturated heterocycles. The predicted octanol–water partition coefficient (Wildman–Crippen LogP) is 5.62. The average Bonchev–Trinajstić information content (AvgIpc) is 3.28. The first-order valence-corrected chi connectivity index (χ1v) is 10.7. The van der Waals surface area contributed by atoms with Crippen molar-refractivity contribution < 1.29 is 14.0 Å². The summed E-state index contributed by atoms with van der Waals surface area (Å²) in [5.41, 5.74) is 2.42. The SMILES string of the molecule is O=C(CSc1nnc(-c2cccc(Cl)c2)o1)c1ccc(NC(=O)c2ccccc2)cc1. The fourth-order valence-electron chi connectivity index (χ4n) is 2.75. The fourth-order valence-corrected chi connectivity index (χ4v) is 3.60. The van der Waals surface area contributed by atoms with E-state index in [1.807, 2.05) is 12.1 Å². The molecule has 31 heavy (non-hydrogen) atoms. The number of anilines is 1. The Morgan fingerprint density at radius 1 is 0.903 bits per heavy atom. The Kier molecular flexibility index (Phi) is 6.45. The lowest BCUT2D eigenvalue weighted by Gasteiger charge is -2.06. The third-order valence-corrected chi connectivity index (χ3v) is 5.36. The van der Waals surface area contributed by atoms with Crippen molar-refractivity contribution in [3.05, 3.63) is 95.0 Å². The quantitative estimate of drug-likeness (QED) is 0.291. The maximum Gasteiger partial charge on any atom is 0.277 e. The Morgan fingerprint density at radius 2 is 1.68 bits per heavy atom. The lowest BCUT2D eigenvalue weighted by Crippen LogP contribution is -2.11. The Balaban J connectivity index is 1.33. The van der Waals surface area contributed by atoms with E-state index in [9.17, 15) is 9.59 Å². The first kappa shape index (κ1) is 20.8. The summed E-state index contributed by atoms with van der Waals surface area (Å²) < 4.78 is 5.60. The number of hydrogen-bond acceptors (Lipinski definition) is 6. The molecule has 0 spiro atoms. The number of carbonyl (C=O) groups is 2. The molecular weight excluding hydrogens is 434 g/mol. The number of aromatic nitrogens is 2. The van der Waals surface area contributed by atoms with Gasteiger partial charge in [0.15, 0.2) is 5.78 Å². The van der Waals surface area contributed by atoms with Crippen molar-refractivity contribution in [1.82, 2.24) is 10.2 Å². The van der Waals surface area contributed by atoms with Crippen molar-refractivity contribution >= 4 is 40.7 Å². The molecule has 0 aliphatic rings. The lowest BCUT2D eigenvalue weighted by atomic mass is 10.1. The summed E-state index contributed by atoms with van der Waals surface area (Å²) in [6.45, 7) is 0. The summed E-state index contributed by atoms with van der Waals surface area (Å²) in [6.07, 6.45) is 0. The van der Waals surface area contributed by atoms with E-state index in [0.29, 0.717) is 38.5 Å². The van der Waals surface area contributed by atoms with Crippen molar-refractivity contribution in [3.8, 4) is 11.5 Å². The van der Waals surface area contributed by atoms with Gasteiger partial charge in [-0.25, -0.2) is 0 Å². The highest BCUT2D eigenvalue weighted by molar-refractivity contribution is 7.99. The zero-order chi connectivity index (χ0) is 21.6. The van der Waals surface area contributed by atoms with Gasteiger partial charge in [-0.15, -0.1) is 10.2 Å². The molecule has 0 saturated carbocycles. The molecule has 0 bridgehead atoms. The van der Waals surface area contributed by atoms with E-state index in [1.165, 1.54) is 0 Å². The molecule has 1 N–H and O–H groups in total. The van der Waals surface area contributed by atoms with Crippen LogP contribution in [0, 0.1) is 0 Å². The second kappa shape index (κ2) is 9.59. The molecule has 0 radical (unpaired) electrons. The summed E-state index contributed by atoms with van der Waals surface area (Å²) >= 11 is 7.14.